The zero-order chi connectivity index (χ0) is 36.1. The van der Waals surface area contributed by atoms with Crippen LogP contribution in [0.2, 0.25) is 0 Å². The lowest BCUT2D eigenvalue weighted by atomic mass is 9.42. The van der Waals surface area contributed by atoms with Gasteiger partial charge in [-0.3, -0.25) is 4.57 Å². The van der Waals surface area contributed by atoms with E-state index in [9.17, 15) is 0 Å². The van der Waals surface area contributed by atoms with Crippen molar-refractivity contribution in [3.8, 4) is 27.9 Å². The quantitative estimate of drug-likeness (QED) is 0.138. The zero-order valence-electron chi connectivity index (χ0n) is 32.1. The standard InChI is InChI=1S/C38H37B11N2/c39-29-25-23(17-12-14-18(15-13-17)51-22-11-4-3-10-21(22)50-37(51)38(47,48)49)26-28(32(42)36(46)34(44)30(26)40)24(27(25)31(41)35(45)33(29)43)20-9-5-7-16-6-1-2-8-19(16)20/h1-15H,39-49H2. The van der Waals surface area contributed by atoms with Gasteiger partial charge in [0.1, 0.15) is 62.8 Å². The zero-order valence-corrected chi connectivity index (χ0v) is 32.1. The summed E-state index contributed by atoms with van der Waals surface area (Å²) in [5.41, 5.74) is 19.5. The molecule has 0 aliphatic rings. The molecular weight excluding hydrogens is 603 g/mol. The Morgan fingerprint density at radius 3 is 1.53 bits per heavy atom. The highest BCUT2D eigenvalue weighted by Gasteiger charge is 2.27. The first-order valence-corrected chi connectivity index (χ1v) is 18.3. The summed E-state index contributed by atoms with van der Waals surface area (Å²) in [6, 6.07) is 33.5. The number of rotatable bonds is 4. The number of fused-ring (bicyclic) bond motifs is 4. The molecule has 7 aromatic carbocycles. The Morgan fingerprint density at radius 2 is 0.961 bits per heavy atom. The third-order valence-electron chi connectivity index (χ3n) is 12.1. The lowest BCUT2D eigenvalue weighted by molar-refractivity contribution is 0.929. The second-order valence-corrected chi connectivity index (χ2v) is 15.8. The molecule has 0 saturated heterocycles. The van der Waals surface area contributed by atoms with E-state index < -0.39 is 0 Å². The van der Waals surface area contributed by atoms with E-state index in [-0.39, 0.29) is 5.11 Å². The number of imidazole rings is 1. The summed E-state index contributed by atoms with van der Waals surface area (Å²) in [7, 11) is 25.4. The molecule has 0 spiro atoms. The van der Waals surface area contributed by atoms with Crippen molar-refractivity contribution >= 4 is 173 Å². The van der Waals surface area contributed by atoms with E-state index in [0.29, 0.717) is 0 Å². The van der Waals surface area contributed by atoms with E-state index in [0.717, 1.165) is 22.5 Å². The molecular formula is C38H37B11N2. The molecule has 51 heavy (non-hydrogen) atoms. The molecule has 2 nitrogen and oxygen atoms in total. The summed E-state index contributed by atoms with van der Waals surface area (Å²) in [6.07, 6.45) is 0. The van der Waals surface area contributed by atoms with Gasteiger partial charge in [0.05, 0.1) is 40.4 Å². The fourth-order valence-electron chi connectivity index (χ4n) is 8.69. The van der Waals surface area contributed by atoms with E-state index in [4.69, 9.17) is 4.98 Å². The maximum atomic E-state index is 5.12. The number of hydrogen-bond acceptors (Lipinski definition) is 1. The van der Waals surface area contributed by atoms with Gasteiger partial charge in [-0.05, 0) is 78.8 Å². The summed E-state index contributed by atoms with van der Waals surface area (Å²) in [4.78, 5) is 5.12. The summed E-state index contributed by atoms with van der Waals surface area (Å²) >= 11 is 0. The predicted molar refractivity (Wildman–Crippen MR) is 257 cm³/mol. The molecule has 0 amide bonds. The second-order valence-electron chi connectivity index (χ2n) is 15.8. The average Bonchev–Trinajstić information content (AvgIpc) is 3.54. The SMILES string of the molecule is Bc1c(B)c(B)c2c(-c3cccc4ccccc34)c3c(B)c(B)c(B)c(B)c3c(-c3ccc(-n4c(C(B)(B)B)nc5ccccc54)cc3)c2c1B. The Morgan fingerprint density at radius 1 is 0.471 bits per heavy atom. The minimum atomic E-state index is -0.115. The molecule has 8 rings (SSSR count). The highest BCUT2D eigenvalue weighted by Crippen LogP contribution is 2.43. The van der Waals surface area contributed by atoms with Crippen molar-refractivity contribution in [3.05, 3.63) is 96.8 Å². The molecule has 0 N–H and O–H groups in total. The van der Waals surface area contributed by atoms with Crippen LogP contribution in [0.4, 0.5) is 0 Å². The van der Waals surface area contributed by atoms with Gasteiger partial charge in [-0.25, -0.2) is 4.98 Å². The van der Waals surface area contributed by atoms with Crippen LogP contribution in [0.3, 0.4) is 0 Å². The molecule has 0 fully saturated rings. The Labute approximate surface area is 311 Å². The summed E-state index contributed by atoms with van der Waals surface area (Å²) in [6.45, 7) is 0. The lowest BCUT2D eigenvalue weighted by Crippen LogP contribution is -2.50. The Balaban J connectivity index is 1.55. The van der Waals surface area contributed by atoms with E-state index in [1.807, 2.05) is 0 Å². The molecule has 0 aliphatic carbocycles. The number of benzene rings is 7. The summed E-state index contributed by atoms with van der Waals surface area (Å²) in [5.74, 6) is 1.07. The predicted octanol–water partition coefficient (Wildman–Crippen LogP) is -7.10. The highest BCUT2D eigenvalue weighted by molar-refractivity contribution is 6.71. The van der Waals surface area contributed by atoms with Gasteiger partial charge in [0.15, 0.2) is 0 Å². The lowest BCUT2D eigenvalue weighted by Gasteiger charge is -2.28. The topological polar surface area (TPSA) is 17.8 Å². The van der Waals surface area contributed by atoms with Crippen molar-refractivity contribution in [3.63, 3.8) is 0 Å². The van der Waals surface area contributed by atoms with Gasteiger partial charge in [-0.15, -0.1) is 21.9 Å². The second kappa shape index (κ2) is 12.0. The molecule has 13 heteroatoms. The normalized spacial score (nSPS) is 12.0. The fourth-order valence-corrected chi connectivity index (χ4v) is 8.69. The van der Waals surface area contributed by atoms with Gasteiger partial charge in [0.25, 0.3) is 0 Å². The van der Waals surface area contributed by atoms with Crippen LogP contribution in [-0.2, 0) is 5.11 Å². The maximum absolute atomic E-state index is 5.12. The summed E-state index contributed by atoms with van der Waals surface area (Å²) in [5, 5.41) is 7.94. The molecule has 1 heterocycles. The van der Waals surface area contributed by atoms with Crippen LogP contribution in [0.1, 0.15) is 5.82 Å². The molecule has 0 radical (unpaired) electrons. The molecule has 0 saturated carbocycles. The van der Waals surface area contributed by atoms with Crippen LogP contribution in [0.15, 0.2) is 91.0 Å². The van der Waals surface area contributed by atoms with Crippen LogP contribution < -0.4 is 43.7 Å². The third kappa shape index (κ3) is 4.98. The summed E-state index contributed by atoms with van der Waals surface area (Å²) < 4.78 is 2.35. The van der Waals surface area contributed by atoms with Gasteiger partial charge in [-0.2, -0.15) is 0 Å². The van der Waals surface area contributed by atoms with Gasteiger partial charge in [-0.1, -0.05) is 93.7 Å². The molecule has 8 aromatic rings. The van der Waals surface area contributed by atoms with E-state index in [2.05, 4.69) is 182 Å². The number of nitrogens with zero attached hydrogens (tertiary/aromatic N) is 2. The van der Waals surface area contributed by atoms with Gasteiger partial charge < -0.3 is 0 Å². The average molecular weight is 641 g/mol. The third-order valence-corrected chi connectivity index (χ3v) is 12.1. The number of para-hydroxylation sites is 2. The van der Waals surface area contributed by atoms with Crippen LogP contribution in [0.25, 0.3) is 71.3 Å². The van der Waals surface area contributed by atoms with Crippen LogP contribution in [0, 0.1) is 0 Å². The molecule has 0 bridgehead atoms. The first kappa shape index (κ1) is 33.6. The van der Waals surface area contributed by atoms with Crippen molar-refractivity contribution in [1.29, 1.82) is 0 Å². The minimum absolute atomic E-state index is 0.115. The van der Waals surface area contributed by atoms with Crippen molar-refractivity contribution in [2.75, 3.05) is 0 Å². The molecule has 232 valence electrons. The van der Waals surface area contributed by atoms with Crippen LogP contribution in [-0.4, -0.2) is 95.9 Å². The van der Waals surface area contributed by atoms with Gasteiger partial charge in [0.2, 0.25) is 0 Å². The minimum Gasteiger partial charge on any atom is -0.298 e. The largest absolute Gasteiger partial charge is 0.298 e. The van der Waals surface area contributed by atoms with Crippen LogP contribution >= 0.6 is 0 Å². The smallest absolute Gasteiger partial charge is 0.139 e. The number of hydrogen-bond donors (Lipinski definition) is 0. The first-order valence-electron chi connectivity index (χ1n) is 18.3. The molecule has 1 aromatic heterocycles. The maximum Gasteiger partial charge on any atom is 0.139 e. The Bertz CT molecular complexity index is 2680. The Hall–Kier alpha value is -4.50. The van der Waals surface area contributed by atoms with Gasteiger partial charge >= 0.3 is 0 Å². The van der Waals surface area contributed by atoms with Crippen molar-refractivity contribution < 1.29 is 0 Å². The number of aromatic nitrogens is 2. The highest BCUT2D eigenvalue weighted by atomic mass is 15.1. The molecule has 0 unspecified atom stereocenters. The fraction of sp³-hybridized carbons (Fsp3) is 0.0263. The van der Waals surface area contributed by atoms with E-state index in [1.165, 1.54) is 98.3 Å². The van der Waals surface area contributed by atoms with Crippen molar-refractivity contribution in [2.45, 2.75) is 5.11 Å². The van der Waals surface area contributed by atoms with Crippen LogP contribution in [0.5, 0.6) is 0 Å². The van der Waals surface area contributed by atoms with Gasteiger partial charge in [0, 0.05) is 5.69 Å². The molecule has 0 atom stereocenters. The Kier molecular flexibility index (Phi) is 7.94. The monoisotopic (exact) mass is 642 g/mol. The van der Waals surface area contributed by atoms with Crippen molar-refractivity contribution in [1.82, 2.24) is 9.55 Å². The molecule has 0 aliphatic heterocycles. The van der Waals surface area contributed by atoms with E-state index in [1.54, 1.807) is 0 Å². The first-order chi connectivity index (χ1) is 24.3. The van der Waals surface area contributed by atoms with Crippen molar-refractivity contribution in [2.24, 2.45) is 0 Å². The van der Waals surface area contributed by atoms with E-state index >= 15 is 0 Å².